The molecule has 4 rings (SSSR count). The smallest absolute Gasteiger partial charge is 0.253 e. The Labute approximate surface area is 153 Å². The number of aryl methyl sites for hydroxylation is 1. The summed E-state index contributed by atoms with van der Waals surface area (Å²) in [5, 5.41) is 4.61. The topological polar surface area (TPSA) is 45.2 Å². The van der Waals surface area contributed by atoms with Crippen molar-refractivity contribution >= 4 is 22.5 Å². The highest BCUT2D eigenvalue weighted by Gasteiger charge is 2.19. The predicted octanol–water partition coefficient (Wildman–Crippen LogP) is 4.39. The first-order chi connectivity index (χ1) is 12.7. The maximum atomic E-state index is 12.5. The third-order valence-corrected chi connectivity index (χ3v) is 5.00. The molecule has 1 aliphatic rings. The molecule has 1 amide bonds. The minimum Gasteiger partial charge on any atom is -0.381 e. The molecular weight excluding hydrogens is 322 g/mol. The van der Waals surface area contributed by atoms with E-state index in [1.165, 1.54) is 0 Å². The summed E-state index contributed by atoms with van der Waals surface area (Å²) < 4.78 is 0. The molecule has 4 heteroatoms. The molecule has 3 aromatic rings. The molecule has 0 aliphatic carbocycles. The number of amides is 1. The van der Waals surface area contributed by atoms with Gasteiger partial charge in [0.25, 0.3) is 5.91 Å². The molecule has 26 heavy (non-hydrogen) atoms. The summed E-state index contributed by atoms with van der Waals surface area (Å²) in [7, 11) is 0. The van der Waals surface area contributed by atoms with E-state index in [1.54, 1.807) is 0 Å². The third kappa shape index (κ3) is 3.40. The van der Waals surface area contributed by atoms with Crippen LogP contribution in [0.4, 0.5) is 5.69 Å². The summed E-state index contributed by atoms with van der Waals surface area (Å²) in [4.78, 5) is 19.0. The number of hydrogen-bond donors (Lipinski definition) is 1. The number of nitrogens with one attached hydrogen (secondary N) is 1. The van der Waals surface area contributed by atoms with Gasteiger partial charge in [0.05, 0.1) is 5.52 Å². The van der Waals surface area contributed by atoms with E-state index in [0.29, 0.717) is 6.54 Å². The van der Waals surface area contributed by atoms with Gasteiger partial charge in [-0.25, -0.2) is 0 Å². The van der Waals surface area contributed by atoms with Crippen molar-refractivity contribution in [3.05, 3.63) is 71.4 Å². The zero-order valence-corrected chi connectivity index (χ0v) is 15.0. The van der Waals surface area contributed by atoms with E-state index >= 15 is 0 Å². The molecular formula is C22H23N3O. The van der Waals surface area contributed by atoms with Gasteiger partial charge in [-0.1, -0.05) is 18.2 Å². The molecule has 1 aromatic heterocycles. The van der Waals surface area contributed by atoms with Crippen LogP contribution in [-0.4, -0.2) is 28.9 Å². The first kappa shape index (κ1) is 16.6. The Balaban J connectivity index is 1.46. The highest BCUT2D eigenvalue weighted by molar-refractivity contribution is 5.95. The number of aromatic nitrogens is 1. The largest absolute Gasteiger partial charge is 0.381 e. The number of fused-ring (bicyclic) bond motifs is 1. The van der Waals surface area contributed by atoms with Crippen LogP contribution < -0.4 is 5.32 Å². The second kappa shape index (κ2) is 7.16. The van der Waals surface area contributed by atoms with Crippen molar-refractivity contribution in [2.75, 3.05) is 18.4 Å². The Bertz CT molecular complexity index is 945. The molecule has 0 spiro atoms. The maximum Gasteiger partial charge on any atom is 0.253 e. The van der Waals surface area contributed by atoms with Crippen molar-refractivity contribution in [1.82, 2.24) is 9.88 Å². The van der Waals surface area contributed by atoms with Gasteiger partial charge in [-0.2, -0.15) is 0 Å². The second-order valence-corrected chi connectivity index (χ2v) is 6.92. The first-order valence-corrected chi connectivity index (χ1v) is 9.18. The van der Waals surface area contributed by atoms with Crippen LogP contribution >= 0.6 is 0 Å². The Kier molecular flexibility index (Phi) is 4.57. The van der Waals surface area contributed by atoms with Crippen LogP contribution in [0.2, 0.25) is 0 Å². The summed E-state index contributed by atoms with van der Waals surface area (Å²) in [5.41, 5.74) is 5.07. The van der Waals surface area contributed by atoms with Crippen LogP contribution in [-0.2, 0) is 6.54 Å². The van der Waals surface area contributed by atoms with E-state index in [2.05, 4.69) is 22.4 Å². The SMILES string of the molecule is Cc1cc(C(=O)N2CCCC2)ccc1NCc1cnc2ccccc2c1. The molecule has 0 radical (unpaired) electrons. The molecule has 1 aliphatic heterocycles. The lowest BCUT2D eigenvalue weighted by atomic mass is 10.1. The van der Waals surface area contributed by atoms with Crippen LogP contribution in [0.5, 0.6) is 0 Å². The van der Waals surface area contributed by atoms with Gasteiger partial charge in [-0.05, 0) is 61.2 Å². The molecule has 0 atom stereocenters. The Morgan fingerprint density at radius 1 is 1.12 bits per heavy atom. The number of para-hydroxylation sites is 1. The van der Waals surface area contributed by atoms with Crippen molar-refractivity contribution in [1.29, 1.82) is 0 Å². The lowest BCUT2D eigenvalue weighted by Crippen LogP contribution is -2.27. The fraction of sp³-hybridized carbons (Fsp3) is 0.273. The number of nitrogens with zero attached hydrogens (tertiary/aromatic N) is 2. The van der Waals surface area contributed by atoms with Crippen molar-refractivity contribution in [2.45, 2.75) is 26.3 Å². The number of hydrogen-bond acceptors (Lipinski definition) is 3. The number of rotatable bonds is 4. The Hall–Kier alpha value is -2.88. The summed E-state index contributed by atoms with van der Waals surface area (Å²) in [6.45, 7) is 4.51. The van der Waals surface area contributed by atoms with Gasteiger partial charge < -0.3 is 10.2 Å². The number of pyridine rings is 1. The number of carbonyl (C=O) groups excluding carboxylic acids is 1. The van der Waals surface area contributed by atoms with Gasteiger partial charge in [0.15, 0.2) is 0 Å². The molecule has 2 aromatic carbocycles. The van der Waals surface area contributed by atoms with Crippen LogP contribution in [0.1, 0.15) is 34.3 Å². The van der Waals surface area contributed by atoms with E-state index in [9.17, 15) is 4.79 Å². The molecule has 1 fully saturated rings. The van der Waals surface area contributed by atoms with Gasteiger partial charge in [-0.15, -0.1) is 0 Å². The maximum absolute atomic E-state index is 12.5. The van der Waals surface area contributed by atoms with Crippen molar-refractivity contribution in [2.24, 2.45) is 0 Å². The van der Waals surface area contributed by atoms with Gasteiger partial charge in [-0.3, -0.25) is 9.78 Å². The van der Waals surface area contributed by atoms with Crippen LogP contribution in [0.25, 0.3) is 10.9 Å². The fourth-order valence-corrected chi connectivity index (χ4v) is 3.51. The van der Waals surface area contributed by atoms with E-state index in [-0.39, 0.29) is 5.91 Å². The zero-order chi connectivity index (χ0) is 17.9. The number of likely N-dealkylation sites (tertiary alicyclic amines) is 1. The molecule has 0 bridgehead atoms. The van der Waals surface area contributed by atoms with Crippen molar-refractivity contribution in [3.8, 4) is 0 Å². The summed E-state index contributed by atoms with van der Waals surface area (Å²) >= 11 is 0. The lowest BCUT2D eigenvalue weighted by molar-refractivity contribution is 0.0793. The monoisotopic (exact) mass is 345 g/mol. The van der Waals surface area contributed by atoms with E-state index in [0.717, 1.165) is 59.2 Å². The van der Waals surface area contributed by atoms with Gasteiger partial charge in [0.2, 0.25) is 0 Å². The predicted molar refractivity (Wildman–Crippen MR) is 105 cm³/mol. The van der Waals surface area contributed by atoms with Crippen LogP contribution in [0.15, 0.2) is 54.7 Å². The zero-order valence-electron chi connectivity index (χ0n) is 15.0. The minimum absolute atomic E-state index is 0.149. The Morgan fingerprint density at radius 3 is 2.73 bits per heavy atom. The Morgan fingerprint density at radius 2 is 1.92 bits per heavy atom. The molecule has 1 saturated heterocycles. The van der Waals surface area contributed by atoms with E-state index in [1.807, 2.05) is 54.4 Å². The number of anilines is 1. The fourth-order valence-electron chi connectivity index (χ4n) is 3.51. The standard InChI is InChI=1S/C22H23N3O/c1-16-12-19(22(26)25-10-4-5-11-25)8-9-20(16)23-14-17-13-18-6-2-3-7-21(18)24-15-17/h2-3,6-9,12-13,15,23H,4-5,10-11,14H2,1H3. The van der Waals surface area contributed by atoms with E-state index in [4.69, 9.17) is 0 Å². The first-order valence-electron chi connectivity index (χ1n) is 9.18. The molecule has 0 unspecified atom stereocenters. The third-order valence-electron chi connectivity index (χ3n) is 5.00. The average Bonchev–Trinajstić information content (AvgIpc) is 3.21. The van der Waals surface area contributed by atoms with Crippen LogP contribution in [0, 0.1) is 6.92 Å². The summed E-state index contributed by atoms with van der Waals surface area (Å²) in [5.74, 6) is 0.149. The minimum atomic E-state index is 0.149. The number of benzene rings is 2. The highest BCUT2D eigenvalue weighted by atomic mass is 16.2. The quantitative estimate of drug-likeness (QED) is 0.763. The molecule has 132 valence electrons. The average molecular weight is 345 g/mol. The lowest BCUT2D eigenvalue weighted by Gasteiger charge is -2.17. The molecule has 2 heterocycles. The second-order valence-electron chi connectivity index (χ2n) is 6.92. The van der Waals surface area contributed by atoms with Crippen molar-refractivity contribution < 1.29 is 4.79 Å². The van der Waals surface area contributed by atoms with Crippen LogP contribution in [0.3, 0.4) is 0 Å². The molecule has 0 saturated carbocycles. The van der Waals surface area contributed by atoms with E-state index < -0.39 is 0 Å². The molecule has 4 nitrogen and oxygen atoms in total. The summed E-state index contributed by atoms with van der Waals surface area (Å²) in [6, 6.07) is 16.2. The van der Waals surface area contributed by atoms with Gasteiger partial charge in [0, 0.05) is 42.5 Å². The van der Waals surface area contributed by atoms with Gasteiger partial charge in [0.1, 0.15) is 0 Å². The van der Waals surface area contributed by atoms with Crippen molar-refractivity contribution in [3.63, 3.8) is 0 Å². The highest BCUT2D eigenvalue weighted by Crippen LogP contribution is 2.21. The number of carbonyl (C=O) groups is 1. The molecule has 1 N–H and O–H groups in total. The normalized spacial score (nSPS) is 14.0. The van der Waals surface area contributed by atoms with Gasteiger partial charge >= 0.3 is 0 Å². The summed E-state index contributed by atoms with van der Waals surface area (Å²) in [6.07, 6.45) is 4.14.